The van der Waals surface area contributed by atoms with E-state index in [1.807, 2.05) is 0 Å². The standard InChI is InChI=1S/C21H21ClN2O4/c1-23-21(27)18-7-11(19(25)8-13-14-9-28-10-15(13)14)6-17(24-18)20(26)12-4-2-3-5-16(12)22/h2-7,13-15,20,26H,8-10H2,1H3,(H,23,27)/t13?,14-,15+,20-/m1/s1. The number of rotatable bonds is 6. The van der Waals surface area contributed by atoms with Crippen molar-refractivity contribution in [2.24, 2.45) is 17.8 Å². The van der Waals surface area contributed by atoms with E-state index < -0.39 is 12.0 Å². The van der Waals surface area contributed by atoms with Crippen molar-refractivity contribution in [3.05, 3.63) is 63.9 Å². The summed E-state index contributed by atoms with van der Waals surface area (Å²) in [4.78, 5) is 29.3. The Morgan fingerprint density at radius 3 is 2.68 bits per heavy atom. The number of carbonyl (C=O) groups is 2. The van der Waals surface area contributed by atoms with Crippen molar-refractivity contribution >= 4 is 23.3 Å². The van der Waals surface area contributed by atoms with Crippen LogP contribution in [0.2, 0.25) is 5.02 Å². The van der Waals surface area contributed by atoms with E-state index in [0.717, 1.165) is 13.2 Å². The maximum atomic E-state index is 12.9. The number of ether oxygens (including phenoxy) is 1. The van der Waals surface area contributed by atoms with Crippen LogP contribution in [-0.2, 0) is 4.74 Å². The Labute approximate surface area is 167 Å². The summed E-state index contributed by atoms with van der Waals surface area (Å²) in [5.41, 5.74) is 1.16. The average molecular weight is 401 g/mol. The lowest BCUT2D eigenvalue weighted by molar-refractivity contribution is 0.0950. The Morgan fingerprint density at radius 2 is 2.00 bits per heavy atom. The SMILES string of the molecule is CNC(=O)c1cc(C(=O)CC2[C@H]3COC[C@@H]23)cc([C@H](O)c2ccccc2Cl)n1. The van der Waals surface area contributed by atoms with Crippen molar-refractivity contribution in [1.82, 2.24) is 10.3 Å². The minimum absolute atomic E-state index is 0.0560. The molecule has 4 atom stereocenters. The number of carbonyl (C=O) groups excluding carboxylic acids is 2. The molecule has 2 aliphatic rings. The summed E-state index contributed by atoms with van der Waals surface area (Å²) in [5.74, 6) is 0.808. The Morgan fingerprint density at radius 1 is 1.29 bits per heavy atom. The molecule has 1 amide bonds. The van der Waals surface area contributed by atoms with E-state index in [0.29, 0.717) is 40.3 Å². The summed E-state index contributed by atoms with van der Waals surface area (Å²) in [6.45, 7) is 1.44. The molecule has 0 radical (unpaired) electrons. The van der Waals surface area contributed by atoms with Gasteiger partial charge in [-0.3, -0.25) is 9.59 Å². The van der Waals surface area contributed by atoms with Gasteiger partial charge in [0.15, 0.2) is 5.78 Å². The van der Waals surface area contributed by atoms with Crippen LogP contribution in [0.5, 0.6) is 0 Å². The fourth-order valence-corrected chi connectivity index (χ4v) is 4.19. The van der Waals surface area contributed by atoms with Gasteiger partial charge in [-0.1, -0.05) is 29.8 Å². The Kier molecular flexibility index (Phi) is 5.19. The van der Waals surface area contributed by atoms with Crippen LogP contribution in [-0.4, -0.2) is 42.0 Å². The van der Waals surface area contributed by atoms with Crippen LogP contribution in [0.15, 0.2) is 36.4 Å². The third-order valence-electron chi connectivity index (χ3n) is 5.66. The van der Waals surface area contributed by atoms with Gasteiger partial charge in [0.05, 0.1) is 18.9 Å². The first-order valence-electron chi connectivity index (χ1n) is 9.27. The lowest BCUT2D eigenvalue weighted by Crippen LogP contribution is -2.21. The summed E-state index contributed by atoms with van der Waals surface area (Å²) < 4.78 is 5.38. The van der Waals surface area contributed by atoms with Gasteiger partial charge in [0.2, 0.25) is 0 Å². The van der Waals surface area contributed by atoms with Crippen LogP contribution in [0, 0.1) is 17.8 Å². The van der Waals surface area contributed by atoms with E-state index in [9.17, 15) is 14.7 Å². The number of halogens is 1. The Hall–Kier alpha value is -2.28. The third kappa shape index (κ3) is 3.55. The molecule has 7 heteroatoms. The zero-order chi connectivity index (χ0) is 19.8. The average Bonchev–Trinajstić information content (AvgIpc) is 3.13. The molecule has 4 rings (SSSR count). The molecule has 2 fully saturated rings. The van der Waals surface area contributed by atoms with Crippen molar-refractivity contribution in [3.63, 3.8) is 0 Å². The van der Waals surface area contributed by atoms with E-state index in [4.69, 9.17) is 16.3 Å². The molecule has 1 aromatic heterocycles. The van der Waals surface area contributed by atoms with E-state index in [2.05, 4.69) is 10.3 Å². The van der Waals surface area contributed by atoms with Gasteiger partial charge in [-0.05, 0) is 36.0 Å². The predicted molar refractivity (Wildman–Crippen MR) is 103 cm³/mol. The molecular formula is C21H21ClN2O4. The minimum Gasteiger partial charge on any atom is -0.382 e. The fraction of sp³-hybridized carbons (Fsp3) is 0.381. The van der Waals surface area contributed by atoms with Crippen molar-refractivity contribution in [3.8, 4) is 0 Å². The van der Waals surface area contributed by atoms with Crippen LogP contribution in [0.3, 0.4) is 0 Å². The Bertz CT molecular complexity index is 922. The number of benzene rings is 1. The van der Waals surface area contributed by atoms with E-state index in [-0.39, 0.29) is 17.2 Å². The number of Topliss-reactive ketones (excluding diaryl/α,β-unsaturated/α-hetero) is 1. The number of pyridine rings is 1. The molecule has 0 spiro atoms. The summed E-state index contributed by atoms with van der Waals surface area (Å²) in [7, 11) is 1.49. The molecule has 2 N–H and O–H groups in total. The summed E-state index contributed by atoms with van der Waals surface area (Å²) >= 11 is 6.19. The van der Waals surface area contributed by atoms with Gasteiger partial charge in [-0.15, -0.1) is 0 Å². The molecule has 146 valence electrons. The van der Waals surface area contributed by atoms with Crippen LogP contribution in [0.25, 0.3) is 0 Å². The van der Waals surface area contributed by atoms with Crippen LogP contribution in [0.4, 0.5) is 0 Å². The normalized spacial score (nSPS) is 23.8. The first-order valence-corrected chi connectivity index (χ1v) is 9.65. The zero-order valence-electron chi connectivity index (χ0n) is 15.4. The molecule has 1 unspecified atom stereocenters. The molecule has 1 aromatic carbocycles. The Balaban J connectivity index is 1.64. The van der Waals surface area contributed by atoms with Gasteiger partial charge in [0.25, 0.3) is 5.91 Å². The highest BCUT2D eigenvalue weighted by Crippen LogP contribution is 2.53. The quantitative estimate of drug-likeness (QED) is 0.728. The summed E-state index contributed by atoms with van der Waals surface area (Å²) in [6.07, 6.45) is -0.726. The molecule has 1 aliphatic heterocycles. The second kappa shape index (κ2) is 7.62. The molecule has 1 aliphatic carbocycles. The highest BCUT2D eigenvalue weighted by Gasteiger charge is 2.54. The fourth-order valence-electron chi connectivity index (χ4n) is 3.95. The maximum absolute atomic E-state index is 12.9. The number of hydrogen-bond donors (Lipinski definition) is 2. The molecule has 2 heterocycles. The molecule has 1 saturated carbocycles. The molecular weight excluding hydrogens is 380 g/mol. The zero-order valence-corrected chi connectivity index (χ0v) is 16.1. The van der Waals surface area contributed by atoms with Gasteiger partial charge in [0.1, 0.15) is 11.8 Å². The van der Waals surface area contributed by atoms with Crippen LogP contribution >= 0.6 is 11.6 Å². The van der Waals surface area contributed by atoms with Gasteiger partial charge in [0, 0.05) is 29.6 Å². The minimum atomic E-state index is -1.14. The molecule has 1 saturated heterocycles. The lowest BCUT2D eigenvalue weighted by Gasteiger charge is -2.15. The van der Waals surface area contributed by atoms with Crippen molar-refractivity contribution in [2.45, 2.75) is 12.5 Å². The van der Waals surface area contributed by atoms with Crippen LogP contribution in [0.1, 0.15) is 44.6 Å². The number of aliphatic hydroxyl groups is 1. The van der Waals surface area contributed by atoms with Gasteiger partial charge in [-0.2, -0.15) is 0 Å². The lowest BCUT2D eigenvalue weighted by atomic mass is 9.99. The number of aromatic nitrogens is 1. The van der Waals surface area contributed by atoms with Crippen LogP contribution < -0.4 is 5.32 Å². The first-order chi connectivity index (χ1) is 13.5. The van der Waals surface area contributed by atoms with Crippen molar-refractivity contribution in [2.75, 3.05) is 20.3 Å². The predicted octanol–water partition coefficient (Wildman–Crippen LogP) is 2.64. The second-order valence-corrected chi connectivity index (χ2v) is 7.73. The monoisotopic (exact) mass is 400 g/mol. The summed E-state index contributed by atoms with van der Waals surface area (Å²) in [6, 6.07) is 9.91. The van der Waals surface area contributed by atoms with Crippen molar-refractivity contribution < 1.29 is 19.4 Å². The largest absolute Gasteiger partial charge is 0.382 e. The number of fused-ring (bicyclic) bond motifs is 1. The van der Waals surface area contributed by atoms with E-state index in [1.165, 1.54) is 13.1 Å². The maximum Gasteiger partial charge on any atom is 0.269 e. The smallest absolute Gasteiger partial charge is 0.269 e. The van der Waals surface area contributed by atoms with E-state index in [1.54, 1.807) is 30.3 Å². The highest BCUT2D eigenvalue weighted by atomic mass is 35.5. The summed E-state index contributed by atoms with van der Waals surface area (Å²) in [5, 5.41) is 13.7. The third-order valence-corrected chi connectivity index (χ3v) is 6.00. The first kappa shape index (κ1) is 19.1. The number of amides is 1. The number of hydrogen-bond acceptors (Lipinski definition) is 5. The van der Waals surface area contributed by atoms with Gasteiger partial charge in [-0.25, -0.2) is 4.98 Å². The van der Waals surface area contributed by atoms with Gasteiger partial charge < -0.3 is 15.2 Å². The van der Waals surface area contributed by atoms with E-state index >= 15 is 0 Å². The van der Waals surface area contributed by atoms with Crippen molar-refractivity contribution in [1.29, 1.82) is 0 Å². The number of nitrogens with zero attached hydrogens (tertiary/aromatic N) is 1. The number of nitrogens with one attached hydrogen (secondary N) is 1. The highest BCUT2D eigenvalue weighted by molar-refractivity contribution is 6.31. The number of aliphatic hydroxyl groups excluding tert-OH is 1. The second-order valence-electron chi connectivity index (χ2n) is 7.33. The topological polar surface area (TPSA) is 88.5 Å². The molecule has 6 nitrogen and oxygen atoms in total. The number of ketones is 1. The van der Waals surface area contributed by atoms with Gasteiger partial charge >= 0.3 is 0 Å². The molecule has 0 bridgehead atoms. The molecule has 2 aromatic rings. The molecule has 28 heavy (non-hydrogen) atoms.